The van der Waals surface area contributed by atoms with Crippen molar-refractivity contribution < 1.29 is 0 Å². The van der Waals surface area contributed by atoms with Gasteiger partial charge in [0.25, 0.3) is 0 Å². The maximum absolute atomic E-state index is 5.74. The summed E-state index contributed by atoms with van der Waals surface area (Å²) in [7, 11) is 0. The van der Waals surface area contributed by atoms with E-state index in [-0.39, 0.29) is 0 Å². The van der Waals surface area contributed by atoms with Crippen LogP contribution in [0, 0.1) is 0 Å². The van der Waals surface area contributed by atoms with Crippen LogP contribution in [0.5, 0.6) is 0 Å². The molecule has 0 saturated carbocycles. The van der Waals surface area contributed by atoms with Gasteiger partial charge in [0.05, 0.1) is 12.2 Å². The zero-order valence-corrected chi connectivity index (χ0v) is 10.3. The Morgan fingerprint density at radius 2 is 1.74 bits per heavy atom. The second-order valence-corrected chi connectivity index (χ2v) is 4.04. The molecule has 0 aliphatic rings. The molecule has 94 valence electrons. The van der Waals surface area contributed by atoms with E-state index in [1.54, 1.807) is 17.1 Å². The second kappa shape index (κ2) is 4.99. The first-order valence-electron chi connectivity index (χ1n) is 6.00. The molecule has 2 N–H and O–H groups in total. The van der Waals surface area contributed by atoms with Crippen LogP contribution in [0.25, 0.3) is 17.1 Å². The largest absolute Gasteiger partial charge is 0.324 e. The van der Waals surface area contributed by atoms with Crippen molar-refractivity contribution in [2.75, 3.05) is 0 Å². The van der Waals surface area contributed by atoms with Gasteiger partial charge in [0.2, 0.25) is 0 Å². The van der Waals surface area contributed by atoms with E-state index < -0.39 is 0 Å². The SMILES string of the molecule is NCc1nc(-c2ccncc2)nn1-c1ccccc1. The van der Waals surface area contributed by atoms with E-state index in [1.807, 2.05) is 42.5 Å². The summed E-state index contributed by atoms with van der Waals surface area (Å²) >= 11 is 0. The Bertz CT molecular complexity index is 661. The van der Waals surface area contributed by atoms with Crippen LogP contribution in [0.2, 0.25) is 0 Å². The summed E-state index contributed by atoms with van der Waals surface area (Å²) in [6, 6.07) is 13.6. The van der Waals surface area contributed by atoms with Gasteiger partial charge >= 0.3 is 0 Å². The molecule has 1 aromatic carbocycles. The summed E-state index contributed by atoms with van der Waals surface area (Å²) < 4.78 is 1.77. The van der Waals surface area contributed by atoms with Crippen LogP contribution in [0.3, 0.4) is 0 Å². The van der Waals surface area contributed by atoms with E-state index in [0.29, 0.717) is 12.4 Å². The highest BCUT2D eigenvalue weighted by molar-refractivity contribution is 5.53. The number of rotatable bonds is 3. The molecule has 0 aliphatic carbocycles. The average Bonchev–Trinajstić information content (AvgIpc) is 2.93. The molecule has 0 unspecified atom stereocenters. The Balaban J connectivity index is 2.09. The van der Waals surface area contributed by atoms with Crippen LogP contribution < -0.4 is 5.73 Å². The van der Waals surface area contributed by atoms with Gasteiger partial charge < -0.3 is 5.73 Å². The molecule has 0 bridgehead atoms. The fraction of sp³-hybridized carbons (Fsp3) is 0.0714. The first kappa shape index (κ1) is 11.6. The lowest BCUT2D eigenvalue weighted by atomic mass is 10.2. The van der Waals surface area contributed by atoms with Crippen molar-refractivity contribution in [3.63, 3.8) is 0 Å². The molecule has 2 aromatic heterocycles. The van der Waals surface area contributed by atoms with E-state index in [9.17, 15) is 0 Å². The van der Waals surface area contributed by atoms with E-state index in [4.69, 9.17) is 5.73 Å². The lowest BCUT2D eigenvalue weighted by Crippen LogP contribution is -2.07. The molecular formula is C14H13N5. The van der Waals surface area contributed by atoms with Crippen molar-refractivity contribution in [2.24, 2.45) is 5.73 Å². The van der Waals surface area contributed by atoms with Crippen molar-refractivity contribution >= 4 is 0 Å². The summed E-state index contributed by atoms with van der Waals surface area (Å²) in [6.45, 7) is 0.340. The number of nitrogens with zero attached hydrogens (tertiary/aromatic N) is 4. The van der Waals surface area contributed by atoms with Gasteiger partial charge in [-0.15, -0.1) is 5.10 Å². The van der Waals surface area contributed by atoms with E-state index in [2.05, 4.69) is 15.1 Å². The Hall–Kier alpha value is -2.53. The van der Waals surface area contributed by atoms with Gasteiger partial charge in [0.1, 0.15) is 5.82 Å². The number of hydrogen-bond donors (Lipinski definition) is 1. The Labute approximate surface area is 110 Å². The highest BCUT2D eigenvalue weighted by Crippen LogP contribution is 2.17. The minimum Gasteiger partial charge on any atom is -0.324 e. The molecule has 3 rings (SSSR count). The lowest BCUT2D eigenvalue weighted by molar-refractivity contribution is 0.790. The van der Waals surface area contributed by atoms with Crippen LogP contribution in [0.4, 0.5) is 0 Å². The first-order valence-corrected chi connectivity index (χ1v) is 6.00. The molecule has 3 aromatic rings. The van der Waals surface area contributed by atoms with Crippen LogP contribution in [-0.4, -0.2) is 19.7 Å². The van der Waals surface area contributed by atoms with Gasteiger partial charge in [-0.1, -0.05) is 18.2 Å². The highest BCUT2D eigenvalue weighted by atomic mass is 15.4. The topological polar surface area (TPSA) is 69.6 Å². The first-order chi connectivity index (χ1) is 9.38. The molecule has 0 saturated heterocycles. The molecule has 0 radical (unpaired) electrons. The minimum atomic E-state index is 0.340. The minimum absolute atomic E-state index is 0.340. The van der Waals surface area contributed by atoms with E-state index >= 15 is 0 Å². The molecule has 0 fully saturated rings. The number of pyridine rings is 1. The molecule has 5 nitrogen and oxygen atoms in total. The molecule has 2 heterocycles. The molecule has 0 amide bonds. The van der Waals surface area contributed by atoms with E-state index in [0.717, 1.165) is 17.1 Å². The monoisotopic (exact) mass is 251 g/mol. The van der Waals surface area contributed by atoms with Crippen molar-refractivity contribution in [3.8, 4) is 17.1 Å². The molecular weight excluding hydrogens is 238 g/mol. The van der Waals surface area contributed by atoms with Gasteiger partial charge in [-0.3, -0.25) is 4.98 Å². The van der Waals surface area contributed by atoms with Crippen molar-refractivity contribution in [1.82, 2.24) is 19.7 Å². The second-order valence-electron chi connectivity index (χ2n) is 4.04. The number of aromatic nitrogens is 4. The normalized spacial score (nSPS) is 10.6. The molecule has 19 heavy (non-hydrogen) atoms. The maximum Gasteiger partial charge on any atom is 0.182 e. The summed E-state index contributed by atoms with van der Waals surface area (Å²) in [5.74, 6) is 1.39. The third-order valence-electron chi connectivity index (χ3n) is 2.80. The molecule has 0 spiro atoms. The lowest BCUT2D eigenvalue weighted by Gasteiger charge is -2.02. The number of nitrogens with two attached hydrogens (primary N) is 1. The summed E-state index contributed by atoms with van der Waals surface area (Å²) in [4.78, 5) is 8.47. The summed E-state index contributed by atoms with van der Waals surface area (Å²) in [5.41, 5.74) is 7.63. The van der Waals surface area contributed by atoms with Crippen LogP contribution in [0.1, 0.15) is 5.82 Å². The Morgan fingerprint density at radius 1 is 1.00 bits per heavy atom. The highest BCUT2D eigenvalue weighted by Gasteiger charge is 2.11. The molecule has 0 atom stereocenters. The zero-order valence-electron chi connectivity index (χ0n) is 10.3. The van der Waals surface area contributed by atoms with Crippen molar-refractivity contribution in [3.05, 3.63) is 60.7 Å². The number of benzene rings is 1. The third-order valence-corrected chi connectivity index (χ3v) is 2.80. The number of hydrogen-bond acceptors (Lipinski definition) is 4. The number of para-hydroxylation sites is 1. The van der Waals surface area contributed by atoms with Crippen LogP contribution in [0.15, 0.2) is 54.9 Å². The standard InChI is InChI=1S/C14H13N5/c15-10-13-17-14(11-6-8-16-9-7-11)18-19(13)12-4-2-1-3-5-12/h1-9H,10,15H2. The Kier molecular flexibility index (Phi) is 3.04. The maximum atomic E-state index is 5.74. The van der Waals surface area contributed by atoms with Crippen LogP contribution in [-0.2, 0) is 6.54 Å². The predicted octanol–water partition coefficient (Wildman–Crippen LogP) is 1.79. The van der Waals surface area contributed by atoms with E-state index in [1.165, 1.54) is 0 Å². The fourth-order valence-corrected chi connectivity index (χ4v) is 1.88. The molecule has 0 aliphatic heterocycles. The zero-order chi connectivity index (χ0) is 13.1. The molecule has 5 heteroatoms. The predicted molar refractivity (Wildman–Crippen MR) is 72.5 cm³/mol. The Morgan fingerprint density at radius 3 is 2.42 bits per heavy atom. The van der Waals surface area contributed by atoms with Gasteiger partial charge in [-0.25, -0.2) is 9.67 Å². The van der Waals surface area contributed by atoms with Crippen molar-refractivity contribution in [2.45, 2.75) is 6.54 Å². The quantitative estimate of drug-likeness (QED) is 0.770. The van der Waals surface area contributed by atoms with Gasteiger partial charge in [-0.2, -0.15) is 0 Å². The summed E-state index contributed by atoms with van der Waals surface area (Å²) in [6.07, 6.45) is 3.45. The smallest absolute Gasteiger partial charge is 0.182 e. The van der Waals surface area contributed by atoms with Gasteiger partial charge in [0.15, 0.2) is 5.82 Å². The third kappa shape index (κ3) is 2.23. The van der Waals surface area contributed by atoms with Gasteiger partial charge in [0, 0.05) is 18.0 Å². The van der Waals surface area contributed by atoms with Gasteiger partial charge in [-0.05, 0) is 24.3 Å². The fourth-order valence-electron chi connectivity index (χ4n) is 1.88. The summed E-state index contributed by atoms with van der Waals surface area (Å²) in [5, 5.41) is 4.52. The average molecular weight is 251 g/mol. The van der Waals surface area contributed by atoms with Crippen LogP contribution >= 0.6 is 0 Å². The van der Waals surface area contributed by atoms with Crippen molar-refractivity contribution in [1.29, 1.82) is 0 Å².